The highest BCUT2D eigenvalue weighted by molar-refractivity contribution is 5.57. The number of ether oxygens (including phenoxy) is 2. The van der Waals surface area contributed by atoms with Gasteiger partial charge >= 0.3 is 0 Å². The molecule has 0 aliphatic rings. The van der Waals surface area contributed by atoms with E-state index in [0.717, 1.165) is 5.56 Å². The number of aromatic hydroxyl groups is 2. The number of aryl methyl sites for hydroxylation is 1. The van der Waals surface area contributed by atoms with Crippen molar-refractivity contribution < 1.29 is 19.7 Å². The summed E-state index contributed by atoms with van der Waals surface area (Å²) in [6.45, 7) is 1.92. The maximum absolute atomic E-state index is 9.72. The molecule has 0 aliphatic carbocycles. The highest BCUT2D eigenvalue weighted by Gasteiger charge is 2.10. The lowest BCUT2D eigenvalue weighted by Gasteiger charge is -2.14. The number of benzene rings is 3. The predicted molar refractivity (Wildman–Crippen MR) is 96.4 cm³/mol. The van der Waals surface area contributed by atoms with Crippen molar-refractivity contribution in [1.29, 1.82) is 0 Å². The molecule has 0 radical (unpaired) electrons. The number of nitrogens with two attached hydrogens (primary N) is 2. The Morgan fingerprint density at radius 3 is 1.72 bits per heavy atom. The van der Waals surface area contributed by atoms with Crippen LogP contribution in [0.1, 0.15) is 5.56 Å². The van der Waals surface area contributed by atoms with Gasteiger partial charge in [0.2, 0.25) is 0 Å². The number of anilines is 2. The van der Waals surface area contributed by atoms with Crippen LogP contribution in [0.15, 0.2) is 54.6 Å². The van der Waals surface area contributed by atoms with Gasteiger partial charge in [0.05, 0.1) is 11.4 Å². The molecule has 0 atom stereocenters. The minimum atomic E-state index is -0.0597. The van der Waals surface area contributed by atoms with Crippen LogP contribution in [0.4, 0.5) is 11.4 Å². The molecule has 6 heteroatoms. The molecule has 3 aromatic rings. The van der Waals surface area contributed by atoms with Crippen LogP contribution in [0.5, 0.6) is 34.5 Å². The number of nitrogen functional groups attached to an aromatic ring is 2. The van der Waals surface area contributed by atoms with E-state index in [1.807, 2.05) is 13.0 Å². The summed E-state index contributed by atoms with van der Waals surface area (Å²) in [5, 5.41) is 19.4. The molecule has 6 nitrogen and oxygen atoms in total. The monoisotopic (exact) mass is 338 g/mol. The second-order valence-electron chi connectivity index (χ2n) is 5.60. The fourth-order valence-electron chi connectivity index (χ4n) is 2.21. The van der Waals surface area contributed by atoms with Gasteiger partial charge in [-0.3, -0.25) is 0 Å². The van der Waals surface area contributed by atoms with Gasteiger partial charge in [0.15, 0.2) is 11.5 Å². The average molecular weight is 338 g/mol. The average Bonchev–Trinajstić information content (AvgIpc) is 2.57. The van der Waals surface area contributed by atoms with Crippen LogP contribution in [-0.4, -0.2) is 10.2 Å². The first-order valence-corrected chi connectivity index (χ1v) is 7.56. The van der Waals surface area contributed by atoms with E-state index >= 15 is 0 Å². The fourth-order valence-corrected chi connectivity index (χ4v) is 2.21. The molecule has 3 aromatic carbocycles. The predicted octanol–water partition coefficient (Wildman–Crippen LogP) is 4.16. The van der Waals surface area contributed by atoms with Crippen LogP contribution in [-0.2, 0) is 0 Å². The van der Waals surface area contributed by atoms with Gasteiger partial charge in [0, 0.05) is 12.1 Å². The van der Waals surface area contributed by atoms with E-state index in [9.17, 15) is 10.2 Å². The molecule has 128 valence electrons. The van der Waals surface area contributed by atoms with Crippen molar-refractivity contribution >= 4 is 11.4 Å². The molecule has 6 N–H and O–H groups in total. The van der Waals surface area contributed by atoms with Gasteiger partial charge in [-0.2, -0.15) is 0 Å². The summed E-state index contributed by atoms with van der Waals surface area (Å²) >= 11 is 0. The van der Waals surface area contributed by atoms with Crippen molar-refractivity contribution in [1.82, 2.24) is 0 Å². The van der Waals surface area contributed by atoms with E-state index in [2.05, 4.69) is 0 Å². The van der Waals surface area contributed by atoms with Crippen molar-refractivity contribution in [3.63, 3.8) is 0 Å². The third-order valence-corrected chi connectivity index (χ3v) is 3.56. The number of phenolic OH excluding ortho intramolecular Hbond substituents is 2. The molecule has 0 spiro atoms. The van der Waals surface area contributed by atoms with Crippen LogP contribution >= 0.6 is 0 Å². The minimum Gasteiger partial charge on any atom is -0.506 e. The quantitative estimate of drug-likeness (QED) is 0.420. The molecule has 0 fully saturated rings. The Hall–Kier alpha value is -3.54. The van der Waals surface area contributed by atoms with Crippen molar-refractivity contribution in [2.45, 2.75) is 6.92 Å². The zero-order valence-corrected chi connectivity index (χ0v) is 13.6. The molecule has 0 amide bonds. The molecule has 25 heavy (non-hydrogen) atoms. The number of rotatable bonds is 4. The number of hydrogen-bond donors (Lipinski definition) is 4. The summed E-state index contributed by atoms with van der Waals surface area (Å²) in [7, 11) is 0. The van der Waals surface area contributed by atoms with E-state index < -0.39 is 0 Å². The van der Waals surface area contributed by atoms with Gasteiger partial charge in [-0.15, -0.1) is 0 Å². The number of phenols is 2. The van der Waals surface area contributed by atoms with Crippen LogP contribution in [0.2, 0.25) is 0 Å². The standard InChI is InChI=1S/C19H18N2O4/c1-11-2-7-18(24-12-3-5-14(20)16(22)9-12)19(8-11)25-13-4-6-15(21)17(23)10-13/h2-10,22-23H,20-21H2,1H3. The van der Waals surface area contributed by atoms with Crippen molar-refractivity contribution in [3.8, 4) is 34.5 Å². The van der Waals surface area contributed by atoms with E-state index in [-0.39, 0.29) is 22.9 Å². The zero-order valence-electron chi connectivity index (χ0n) is 13.6. The highest BCUT2D eigenvalue weighted by atomic mass is 16.5. The van der Waals surface area contributed by atoms with E-state index in [4.69, 9.17) is 20.9 Å². The largest absolute Gasteiger partial charge is 0.506 e. The van der Waals surface area contributed by atoms with Gasteiger partial charge in [-0.05, 0) is 48.9 Å². The van der Waals surface area contributed by atoms with E-state index in [1.165, 1.54) is 12.1 Å². The zero-order chi connectivity index (χ0) is 18.0. The lowest BCUT2D eigenvalue weighted by Crippen LogP contribution is -1.93. The Balaban J connectivity index is 1.91. The topological polar surface area (TPSA) is 111 Å². The third-order valence-electron chi connectivity index (χ3n) is 3.56. The molecular formula is C19H18N2O4. The van der Waals surface area contributed by atoms with Crippen LogP contribution in [0.3, 0.4) is 0 Å². The molecule has 3 rings (SSSR count). The highest BCUT2D eigenvalue weighted by Crippen LogP contribution is 2.38. The van der Waals surface area contributed by atoms with Crippen molar-refractivity contribution in [3.05, 3.63) is 60.2 Å². The second kappa shape index (κ2) is 6.52. The van der Waals surface area contributed by atoms with Gasteiger partial charge < -0.3 is 31.2 Å². The Kier molecular flexibility index (Phi) is 4.26. The molecule has 0 saturated heterocycles. The molecule has 0 aromatic heterocycles. The molecule has 0 bridgehead atoms. The smallest absolute Gasteiger partial charge is 0.170 e. The van der Waals surface area contributed by atoms with E-state index in [1.54, 1.807) is 36.4 Å². The Morgan fingerprint density at radius 1 is 0.680 bits per heavy atom. The Morgan fingerprint density at radius 2 is 1.20 bits per heavy atom. The first-order chi connectivity index (χ1) is 11.9. The summed E-state index contributed by atoms with van der Waals surface area (Å²) in [4.78, 5) is 0. The molecular weight excluding hydrogens is 320 g/mol. The first-order valence-electron chi connectivity index (χ1n) is 7.56. The van der Waals surface area contributed by atoms with Gasteiger partial charge in [0.1, 0.15) is 23.0 Å². The van der Waals surface area contributed by atoms with Gasteiger partial charge in [-0.1, -0.05) is 6.07 Å². The Bertz CT molecular complexity index is 925. The normalized spacial score (nSPS) is 10.4. The minimum absolute atomic E-state index is 0.0592. The summed E-state index contributed by atoms with van der Waals surface area (Å²) in [6, 6.07) is 14.7. The Labute approximate surface area is 144 Å². The summed E-state index contributed by atoms with van der Waals surface area (Å²) < 4.78 is 11.6. The second-order valence-corrected chi connectivity index (χ2v) is 5.60. The lowest BCUT2D eigenvalue weighted by atomic mass is 10.2. The maximum atomic E-state index is 9.72. The van der Waals surface area contributed by atoms with Crippen molar-refractivity contribution in [2.75, 3.05) is 11.5 Å². The van der Waals surface area contributed by atoms with Crippen LogP contribution < -0.4 is 20.9 Å². The third kappa shape index (κ3) is 3.69. The van der Waals surface area contributed by atoms with Crippen LogP contribution in [0, 0.1) is 6.92 Å². The summed E-state index contributed by atoms with van der Waals surface area (Å²) in [5.41, 5.74) is 12.7. The van der Waals surface area contributed by atoms with Crippen molar-refractivity contribution in [2.24, 2.45) is 0 Å². The first kappa shape index (κ1) is 16.3. The maximum Gasteiger partial charge on any atom is 0.170 e. The number of hydrogen-bond acceptors (Lipinski definition) is 6. The molecule has 0 saturated carbocycles. The summed E-state index contributed by atoms with van der Waals surface area (Å²) in [6.07, 6.45) is 0. The summed E-state index contributed by atoms with van der Waals surface area (Å²) in [5.74, 6) is 1.63. The molecule has 0 heterocycles. The van der Waals surface area contributed by atoms with E-state index in [0.29, 0.717) is 23.0 Å². The SMILES string of the molecule is Cc1ccc(Oc2ccc(N)c(O)c2)c(Oc2ccc(N)c(O)c2)c1. The van der Waals surface area contributed by atoms with Gasteiger partial charge in [-0.25, -0.2) is 0 Å². The molecule has 0 unspecified atom stereocenters. The fraction of sp³-hybridized carbons (Fsp3) is 0.0526. The van der Waals surface area contributed by atoms with Crippen LogP contribution in [0.25, 0.3) is 0 Å². The molecule has 0 aliphatic heterocycles. The van der Waals surface area contributed by atoms with Gasteiger partial charge in [0.25, 0.3) is 0 Å². The lowest BCUT2D eigenvalue weighted by molar-refractivity contribution is 0.411.